The first-order valence-electron chi connectivity index (χ1n) is 7.22. The molecule has 0 bridgehead atoms. The molecule has 1 heterocycles. The van der Waals surface area contributed by atoms with Gasteiger partial charge in [-0.25, -0.2) is 0 Å². The van der Waals surface area contributed by atoms with Crippen LogP contribution in [0.1, 0.15) is 45.4 Å². The van der Waals surface area contributed by atoms with Crippen molar-refractivity contribution in [2.24, 2.45) is 11.1 Å². The minimum absolute atomic E-state index is 0. The van der Waals surface area contributed by atoms with E-state index in [4.69, 9.17) is 10.5 Å². The third-order valence-corrected chi connectivity index (χ3v) is 4.40. The van der Waals surface area contributed by atoms with Crippen molar-refractivity contribution in [3.63, 3.8) is 0 Å². The molecule has 112 valence electrons. The van der Waals surface area contributed by atoms with E-state index in [1.165, 1.54) is 19.3 Å². The maximum atomic E-state index is 12.1. The minimum atomic E-state index is 0. The van der Waals surface area contributed by atoms with Gasteiger partial charge in [-0.15, -0.1) is 12.4 Å². The monoisotopic (exact) mass is 290 g/mol. The standard InChI is InChI=1S/C14H26N2O2.ClH/c1-14(10-15)7-8-16(11-14)13(17)9-18-12-5-3-2-4-6-12;/h12H,2-11,15H2,1H3;1H. The smallest absolute Gasteiger partial charge is 0.248 e. The Bertz CT molecular complexity index is 295. The fraction of sp³-hybridized carbons (Fsp3) is 0.929. The average molecular weight is 291 g/mol. The van der Waals surface area contributed by atoms with Crippen LogP contribution in [0.5, 0.6) is 0 Å². The van der Waals surface area contributed by atoms with Crippen molar-refractivity contribution in [3.8, 4) is 0 Å². The molecule has 0 radical (unpaired) electrons. The Morgan fingerprint density at radius 2 is 2.05 bits per heavy atom. The van der Waals surface area contributed by atoms with E-state index in [2.05, 4.69) is 6.92 Å². The number of hydrogen-bond acceptors (Lipinski definition) is 3. The molecule has 0 spiro atoms. The molecule has 1 aliphatic heterocycles. The van der Waals surface area contributed by atoms with Crippen molar-refractivity contribution < 1.29 is 9.53 Å². The summed E-state index contributed by atoms with van der Waals surface area (Å²) in [7, 11) is 0. The van der Waals surface area contributed by atoms with Crippen molar-refractivity contribution in [2.75, 3.05) is 26.2 Å². The van der Waals surface area contributed by atoms with Gasteiger partial charge in [-0.3, -0.25) is 4.79 Å². The number of rotatable bonds is 4. The van der Waals surface area contributed by atoms with Gasteiger partial charge < -0.3 is 15.4 Å². The molecule has 0 aromatic rings. The summed E-state index contributed by atoms with van der Waals surface area (Å²) in [6, 6.07) is 0. The van der Waals surface area contributed by atoms with E-state index in [1.54, 1.807) is 0 Å². The topological polar surface area (TPSA) is 55.6 Å². The van der Waals surface area contributed by atoms with Crippen LogP contribution in [0, 0.1) is 5.41 Å². The van der Waals surface area contributed by atoms with Crippen molar-refractivity contribution in [3.05, 3.63) is 0 Å². The zero-order valence-electron chi connectivity index (χ0n) is 11.9. The van der Waals surface area contributed by atoms with Crippen LogP contribution in [0.25, 0.3) is 0 Å². The molecule has 0 aromatic heterocycles. The van der Waals surface area contributed by atoms with Gasteiger partial charge in [-0.2, -0.15) is 0 Å². The molecule has 2 aliphatic rings. The van der Waals surface area contributed by atoms with Crippen LogP contribution in [0.3, 0.4) is 0 Å². The third-order valence-electron chi connectivity index (χ3n) is 4.40. The van der Waals surface area contributed by atoms with Gasteiger partial charge in [0.25, 0.3) is 0 Å². The van der Waals surface area contributed by atoms with Crippen LogP contribution in [0.15, 0.2) is 0 Å². The first kappa shape index (κ1) is 16.7. The molecular formula is C14H27ClN2O2. The predicted octanol–water partition coefficient (Wildman–Crippen LogP) is 1.95. The van der Waals surface area contributed by atoms with E-state index >= 15 is 0 Å². The Morgan fingerprint density at radius 3 is 2.63 bits per heavy atom. The van der Waals surface area contributed by atoms with Crippen LogP contribution < -0.4 is 5.73 Å². The van der Waals surface area contributed by atoms with E-state index in [-0.39, 0.29) is 30.3 Å². The minimum Gasteiger partial charge on any atom is -0.368 e. The fourth-order valence-electron chi connectivity index (χ4n) is 2.92. The van der Waals surface area contributed by atoms with Gasteiger partial charge in [0.1, 0.15) is 6.61 Å². The Kier molecular flexibility index (Phi) is 6.57. The third kappa shape index (κ3) is 4.62. The highest BCUT2D eigenvalue weighted by Gasteiger charge is 2.34. The molecular weight excluding hydrogens is 264 g/mol. The molecule has 2 fully saturated rings. The summed E-state index contributed by atoms with van der Waals surface area (Å²) in [4.78, 5) is 14.0. The molecule has 4 nitrogen and oxygen atoms in total. The highest BCUT2D eigenvalue weighted by atomic mass is 35.5. The lowest BCUT2D eigenvalue weighted by Crippen LogP contribution is -2.37. The van der Waals surface area contributed by atoms with Crippen molar-refractivity contribution >= 4 is 18.3 Å². The number of hydrogen-bond donors (Lipinski definition) is 1. The summed E-state index contributed by atoms with van der Waals surface area (Å²) < 4.78 is 5.74. The van der Waals surface area contributed by atoms with Crippen LogP contribution in [0.4, 0.5) is 0 Å². The van der Waals surface area contributed by atoms with Gasteiger partial charge in [0.2, 0.25) is 5.91 Å². The van der Waals surface area contributed by atoms with Crippen molar-refractivity contribution in [1.29, 1.82) is 0 Å². The lowest BCUT2D eigenvalue weighted by atomic mass is 9.90. The van der Waals surface area contributed by atoms with Crippen LogP contribution in [-0.2, 0) is 9.53 Å². The molecule has 1 aliphatic carbocycles. The van der Waals surface area contributed by atoms with Gasteiger partial charge in [0, 0.05) is 13.1 Å². The number of nitrogens with two attached hydrogens (primary N) is 1. The zero-order valence-corrected chi connectivity index (χ0v) is 12.7. The molecule has 1 amide bonds. The number of carbonyl (C=O) groups is 1. The summed E-state index contributed by atoms with van der Waals surface area (Å²) >= 11 is 0. The molecule has 19 heavy (non-hydrogen) atoms. The fourth-order valence-corrected chi connectivity index (χ4v) is 2.92. The lowest BCUT2D eigenvalue weighted by Gasteiger charge is -2.25. The second-order valence-electron chi connectivity index (χ2n) is 6.15. The van der Waals surface area contributed by atoms with E-state index < -0.39 is 0 Å². The van der Waals surface area contributed by atoms with Crippen LogP contribution in [-0.4, -0.2) is 43.2 Å². The van der Waals surface area contributed by atoms with Gasteiger partial charge in [-0.05, 0) is 31.2 Å². The summed E-state index contributed by atoms with van der Waals surface area (Å²) in [5.41, 5.74) is 5.86. The summed E-state index contributed by atoms with van der Waals surface area (Å²) in [5.74, 6) is 0.137. The molecule has 1 saturated carbocycles. The summed E-state index contributed by atoms with van der Waals surface area (Å²) in [6.07, 6.45) is 7.36. The molecule has 0 aromatic carbocycles. The number of likely N-dealkylation sites (tertiary alicyclic amines) is 1. The predicted molar refractivity (Wildman–Crippen MR) is 78.4 cm³/mol. The first-order valence-corrected chi connectivity index (χ1v) is 7.22. The molecule has 2 N–H and O–H groups in total. The second kappa shape index (κ2) is 7.46. The van der Waals surface area contributed by atoms with Crippen molar-refractivity contribution in [2.45, 2.75) is 51.6 Å². The molecule has 1 saturated heterocycles. The highest BCUT2D eigenvalue weighted by molar-refractivity contribution is 5.85. The zero-order chi connectivity index (χ0) is 13.0. The van der Waals surface area contributed by atoms with E-state index in [0.717, 1.165) is 32.4 Å². The second-order valence-corrected chi connectivity index (χ2v) is 6.15. The molecule has 5 heteroatoms. The Hall–Kier alpha value is -0.320. The molecule has 1 atom stereocenters. The average Bonchev–Trinajstić information content (AvgIpc) is 2.81. The first-order chi connectivity index (χ1) is 8.63. The Labute approximate surface area is 122 Å². The molecule has 1 unspecified atom stereocenters. The number of amides is 1. The lowest BCUT2D eigenvalue weighted by molar-refractivity contribution is -0.138. The number of nitrogens with zero attached hydrogens (tertiary/aromatic N) is 1. The highest BCUT2D eigenvalue weighted by Crippen LogP contribution is 2.28. The van der Waals surface area contributed by atoms with Gasteiger partial charge >= 0.3 is 0 Å². The largest absolute Gasteiger partial charge is 0.368 e. The number of carbonyl (C=O) groups excluding carboxylic acids is 1. The van der Waals surface area contributed by atoms with Crippen molar-refractivity contribution in [1.82, 2.24) is 4.90 Å². The quantitative estimate of drug-likeness (QED) is 0.861. The maximum Gasteiger partial charge on any atom is 0.248 e. The maximum absolute atomic E-state index is 12.1. The SMILES string of the molecule is CC1(CN)CCN(C(=O)COC2CCCCC2)C1.Cl. The van der Waals surface area contributed by atoms with Gasteiger partial charge in [-0.1, -0.05) is 26.2 Å². The summed E-state index contributed by atoms with van der Waals surface area (Å²) in [5, 5.41) is 0. The van der Waals surface area contributed by atoms with Gasteiger partial charge in [0.05, 0.1) is 6.10 Å². The van der Waals surface area contributed by atoms with E-state index in [1.807, 2.05) is 4.90 Å². The number of ether oxygens (including phenoxy) is 1. The van der Waals surface area contributed by atoms with Crippen LogP contribution in [0.2, 0.25) is 0 Å². The Balaban J connectivity index is 0.00000180. The van der Waals surface area contributed by atoms with Crippen LogP contribution >= 0.6 is 12.4 Å². The van der Waals surface area contributed by atoms with Gasteiger partial charge in [0.15, 0.2) is 0 Å². The van der Waals surface area contributed by atoms with E-state index in [0.29, 0.717) is 12.6 Å². The Morgan fingerprint density at radius 1 is 1.37 bits per heavy atom. The summed E-state index contributed by atoms with van der Waals surface area (Å²) in [6.45, 7) is 4.69. The molecule has 2 rings (SSSR count). The normalized spacial score (nSPS) is 28.2. The van der Waals surface area contributed by atoms with E-state index in [9.17, 15) is 4.79 Å². The number of halogens is 1.